The lowest BCUT2D eigenvalue weighted by molar-refractivity contribution is 0.0990. The summed E-state index contributed by atoms with van der Waals surface area (Å²) >= 11 is 0. The third kappa shape index (κ3) is 3.68. The lowest BCUT2D eigenvalue weighted by Crippen LogP contribution is -2.00. The summed E-state index contributed by atoms with van der Waals surface area (Å²) in [5, 5.41) is 25.3. The molecular formula is C19H15FN6O3. The van der Waals surface area contributed by atoms with E-state index in [1.807, 2.05) is 24.3 Å². The first-order valence-electron chi connectivity index (χ1n) is 8.53. The number of methoxy groups -OCH3 is 1. The molecule has 0 bridgehead atoms. The Labute approximate surface area is 163 Å². The Kier molecular flexibility index (Phi) is 4.73. The molecule has 1 amide bonds. The standard InChI is InChI=1S/C19H15FN6O3/c1-29-12-7-5-11(6-8-12)9-26-10-15(22-25-26)18(27)24-23-17-13-3-2-4-14(20)16(13)21-19(17)28/h2-8,10,21,28H,9H2,1H3. The van der Waals surface area contributed by atoms with E-state index in [0.717, 1.165) is 11.3 Å². The van der Waals surface area contributed by atoms with Gasteiger partial charge in [-0.3, -0.25) is 4.79 Å². The predicted molar refractivity (Wildman–Crippen MR) is 101 cm³/mol. The molecule has 146 valence electrons. The van der Waals surface area contributed by atoms with Crippen LogP contribution in [-0.4, -0.2) is 38.1 Å². The van der Waals surface area contributed by atoms with Crippen LogP contribution in [0.4, 0.5) is 10.1 Å². The van der Waals surface area contributed by atoms with Crippen molar-refractivity contribution in [2.75, 3.05) is 7.11 Å². The van der Waals surface area contributed by atoms with E-state index >= 15 is 0 Å². The van der Waals surface area contributed by atoms with Gasteiger partial charge in [-0.25, -0.2) is 9.07 Å². The molecule has 2 aromatic carbocycles. The van der Waals surface area contributed by atoms with Gasteiger partial charge in [0, 0.05) is 5.39 Å². The summed E-state index contributed by atoms with van der Waals surface area (Å²) in [6.07, 6.45) is 1.44. The van der Waals surface area contributed by atoms with E-state index in [1.165, 1.54) is 23.0 Å². The van der Waals surface area contributed by atoms with Crippen molar-refractivity contribution >= 4 is 22.5 Å². The van der Waals surface area contributed by atoms with Crippen molar-refractivity contribution in [2.45, 2.75) is 6.54 Å². The average Bonchev–Trinajstić information content (AvgIpc) is 3.32. The van der Waals surface area contributed by atoms with Crippen molar-refractivity contribution in [2.24, 2.45) is 10.2 Å². The zero-order valence-electron chi connectivity index (χ0n) is 15.2. The molecule has 2 aromatic heterocycles. The number of aromatic hydroxyl groups is 1. The Balaban J connectivity index is 1.51. The molecular weight excluding hydrogens is 379 g/mol. The van der Waals surface area contributed by atoms with Crippen molar-refractivity contribution in [3.8, 4) is 11.6 Å². The largest absolute Gasteiger partial charge is 0.497 e. The fourth-order valence-electron chi connectivity index (χ4n) is 2.79. The average molecular weight is 394 g/mol. The highest BCUT2D eigenvalue weighted by molar-refractivity contribution is 5.96. The van der Waals surface area contributed by atoms with Gasteiger partial charge in [0.25, 0.3) is 0 Å². The van der Waals surface area contributed by atoms with Gasteiger partial charge in [0.2, 0.25) is 5.88 Å². The molecule has 2 N–H and O–H groups in total. The number of ether oxygens (including phenoxy) is 1. The molecule has 0 aliphatic rings. The summed E-state index contributed by atoms with van der Waals surface area (Å²) in [5.41, 5.74) is 0.991. The van der Waals surface area contributed by atoms with E-state index in [9.17, 15) is 14.3 Å². The van der Waals surface area contributed by atoms with E-state index in [0.29, 0.717) is 11.9 Å². The molecule has 29 heavy (non-hydrogen) atoms. The third-order valence-corrected chi connectivity index (χ3v) is 4.24. The summed E-state index contributed by atoms with van der Waals surface area (Å²) in [5.74, 6) is -0.933. The Morgan fingerprint density at radius 3 is 2.83 bits per heavy atom. The maximum atomic E-state index is 13.8. The first-order valence-corrected chi connectivity index (χ1v) is 8.53. The molecule has 4 rings (SSSR count). The number of fused-ring (bicyclic) bond motifs is 1. The van der Waals surface area contributed by atoms with Gasteiger partial charge >= 0.3 is 5.91 Å². The first-order chi connectivity index (χ1) is 14.0. The molecule has 4 aromatic rings. The monoisotopic (exact) mass is 394 g/mol. The molecule has 10 heteroatoms. The van der Waals surface area contributed by atoms with Crippen molar-refractivity contribution in [1.82, 2.24) is 20.0 Å². The minimum atomic E-state index is -0.740. The second-order valence-electron chi connectivity index (χ2n) is 6.14. The summed E-state index contributed by atoms with van der Waals surface area (Å²) in [6, 6.07) is 11.7. The Morgan fingerprint density at radius 1 is 1.28 bits per heavy atom. The zero-order valence-corrected chi connectivity index (χ0v) is 15.2. The van der Waals surface area contributed by atoms with E-state index in [2.05, 4.69) is 25.5 Å². The minimum absolute atomic E-state index is 0.00669. The number of amides is 1. The molecule has 0 unspecified atom stereocenters. The molecule has 0 saturated carbocycles. The van der Waals surface area contributed by atoms with Crippen molar-refractivity contribution < 1.29 is 19.0 Å². The number of aromatic amines is 1. The van der Waals surface area contributed by atoms with Gasteiger partial charge in [0.15, 0.2) is 11.4 Å². The number of halogens is 1. The van der Waals surface area contributed by atoms with Gasteiger partial charge in [-0.1, -0.05) is 29.5 Å². The number of H-pyrrole nitrogens is 1. The molecule has 0 aliphatic carbocycles. The van der Waals surface area contributed by atoms with Gasteiger partial charge in [0.1, 0.15) is 11.6 Å². The van der Waals surface area contributed by atoms with Gasteiger partial charge in [-0.05, 0) is 23.8 Å². The number of benzene rings is 2. The maximum Gasteiger partial charge on any atom is 0.317 e. The van der Waals surface area contributed by atoms with Crippen LogP contribution < -0.4 is 4.74 Å². The SMILES string of the molecule is COc1ccc(Cn2cc(C(=O)N=Nc3c(O)[nH]c4c(F)cccc34)nn2)cc1. The highest BCUT2D eigenvalue weighted by atomic mass is 19.1. The number of aromatic nitrogens is 4. The minimum Gasteiger partial charge on any atom is -0.497 e. The second-order valence-corrected chi connectivity index (χ2v) is 6.14. The summed E-state index contributed by atoms with van der Waals surface area (Å²) in [6.45, 7) is 0.407. The van der Waals surface area contributed by atoms with E-state index < -0.39 is 11.7 Å². The number of nitrogens with one attached hydrogen (secondary N) is 1. The van der Waals surface area contributed by atoms with Crippen molar-refractivity contribution in [3.63, 3.8) is 0 Å². The molecule has 0 radical (unpaired) electrons. The topological polar surface area (TPSA) is 118 Å². The Bertz CT molecular complexity index is 1210. The smallest absolute Gasteiger partial charge is 0.317 e. The van der Waals surface area contributed by atoms with Gasteiger partial charge < -0.3 is 14.8 Å². The number of carbonyl (C=O) groups is 1. The quantitative estimate of drug-likeness (QED) is 0.502. The number of azo groups is 1. The van der Waals surface area contributed by atoms with Gasteiger partial charge in [-0.15, -0.1) is 15.3 Å². The Hall–Kier alpha value is -4.08. The van der Waals surface area contributed by atoms with E-state index in [4.69, 9.17) is 4.74 Å². The first kappa shape index (κ1) is 18.3. The molecule has 0 saturated heterocycles. The molecule has 0 aliphatic heterocycles. The van der Waals surface area contributed by atoms with Crippen molar-refractivity contribution in [3.05, 3.63) is 65.7 Å². The van der Waals surface area contributed by atoms with Crippen molar-refractivity contribution in [1.29, 1.82) is 0 Å². The van der Waals surface area contributed by atoms with Crippen LogP contribution in [0.25, 0.3) is 10.9 Å². The predicted octanol–water partition coefficient (Wildman–Crippen LogP) is 3.59. The number of nitrogens with zero attached hydrogens (tertiary/aromatic N) is 5. The highest BCUT2D eigenvalue weighted by Crippen LogP contribution is 2.36. The fourth-order valence-corrected chi connectivity index (χ4v) is 2.79. The van der Waals surface area contributed by atoms with Crippen LogP contribution in [-0.2, 0) is 6.54 Å². The lowest BCUT2D eigenvalue weighted by Gasteiger charge is -2.02. The Morgan fingerprint density at radius 2 is 2.07 bits per heavy atom. The van der Waals surface area contributed by atoms with Crippen LogP contribution in [0, 0.1) is 5.82 Å². The van der Waals surface area contributed by atoms with E-state index in [1.54, 1.807) is 13.2 Å². The van der Waals surface area contributed by atoms with Crippen LogP contribution in [0.1, 0.15) is 16.1 Å². The number of rotatable bonds is 5. The number of para-hydroxylation sites is 1. The lowest BCUT2D eigenvalue weighted by atomic mass is 10.2. The fraction of sp³-hybridized carbons (Fsp3) is 0.105. The number of hydrogen-bond donors (Lipinski definition) is 2. The molecule has 0 fully saturated rings. The summed E-state index contributed by atoms with van der Waals surface area (Å²) < 4.78 is 20.4. The summed E-state index contributed by atoms with van der Waals surface area (Å²) in [4.78, 5) is 14.7. The van der Waals surface area contributed by atoms with E-state index in [-0.39, 0.29) is 22.8 Å². The van der Waals surface area contributed by atoms with Crippen LogP contribution in [0.3, 0.4) is 0 Å². The molecule has 9 nitrogen and oxygen atoms in total. The van der Waals surface area contributed by atoms with Crippen LogP contribution in [0.2, 0.25) is 0 Å². The third-order valence-electron chi connectivity index (χ3n) is 4.24. The maximum absolute atomic E-state index is 13.8. The second kappa shape index (κ2) is 7.50. The number of hydrogen-bond acceptors (Lipinski definition) is 6. The zero-order chi connectivity index (χ0) is 20.4. The highest BCUT2D eigenvalue weighted by Gasteiger charge is 2.15. The number of carbonyl (C=O) groups excluding carboxylic acids is 1. The van der Waals surface area contributed by atoms with Crippen LogP contribution >= 0.6 is 0 Å². The van der Waals surface area contributed by atoms with Gasteiger partial charge in [0.05, 0.1) is 25.4 Å². The van der Waals surface area contributed by atoms with Gasteiger partial charge in [-0.2, -0.15) is 0 Å². The molecule has 2 heterocycles. The van der Waals surface area contributed by atoms with Crippen LogP contribution in [0.15, 0.2) is 58.9 Å². The summed E-state index contributed by atoms with van der Waals surface area (Å²) in [7, 11) is 1.59. The normalized spacial score (nSPS) is 11.4. The molecule has 0 spiro atoms. The molecule has 0 atom stereocenters. The van der Waals surface area contributed by atoms with Crippen LogP contribution in [0.5, 0.6) is 11.6 Å².